The zero-order valence-electron chi connectivity index (χ0n) is 12.3. The third-order valence-corrected chi connectivity index (χ3v) is 4.70. The Morgan fingerprint density at radius 3 is 2.71 bits per heavy atom. The summed E-state index contributed by atoms with van der Waals surface area (Å²) in [6.45, 7) is 0.517. The Labute approximate surface area is 125 Å². The van der Waals surface area contributed by atoms with E-state index in [1.165, 1.54) is 12.1 Å². The second-order valence-electron chi connectivity index (χ2n) is 6.44. The molecule has 0 spiro atoms. The van der Waals surface area contributed by atoms with E-state index in [1.807, 2.05) is 11.0 Å². The van der Waals surface area contributed by atoms with Gasteiger partial charge in [0.05, 0.1) is 0 Å². The van der Waals surface area contributed by atoms with Gasteiger partial charge in [0.2, 0.25) is 5.91 Å². The monoisotopic (exact) mass is 290 g/mol. The lowest BCUT2D eigenvalue weighted by Crippen LogP contribution is -2.36. The van der Waals surface area contributed by atoms with E-state index in [9.17, 15) is 9.18 Å². The van der Waals surface area contributed by atoms with Crippen LogP contribution in [0.15, 0.2) is 24.3 Å². The van der Waals surface area contributed by atoms with Crippen molar-refractivity contribution in [3.05, 3.63) is 35.6 Å². The molecule has 0 aliphatic heterocycles. The van der Waals surface area contributed by atoms with Crippen molar-refractivity contribution in [1.82, 2.24) is 4.90 Å². The molecule has 0 aromatic heterocycles. The molecule has 2 aliphatic carbocycles. The average molecular weight is 290 g/mol. The molecule has 0 heterocycles. The van der Waals surface area contributed by atoms with Crippen LogP contribution in [0.2, 0.25) is 0 Å². The van der Waals surface area contributed by atoms with Gasteiger partial charge in [-0.3, -0.25) is 4.79 Å². The summed E-state index contributed by atoms with van der Waals surface area (Å²) in [5, 5.41) is 0. The first-order chi connectivity index (χ1) is 10.1. The maximum Gasteiger partial charge on any atom is 0.223 e. The van der Waals surface area contributed by atoms with Crippen molar-refractivity contribution >= 4 is 5.91 Å². The normalized spacial score (nSPS) is 25.0. The molecule has 2 fully saturated rings. The van der Waals surface area contributed by atoms with Gasteiger partial charge in [0.25, 0.3) is 0 Å². The summed E-state index contributed by atoms with van der Waals surface area (Å²) >= 11 is 0. The molecule has 2 aliphatic rings. The Hall–Kier alpha value is -1.42. The lowest BCUT2D eigenvalue weighted by molar-refractivity contribution is -0.133. The van der Waals surface area contributed by atoms with Crippen molar-refractivity contribution in [3.8, 4) is 0 Å². The lowest BCUT2D eigenvalue weighted by atomic mass is 9.99. The molecule has 21 heavy (non-hydrogen) atoms. The minimum absolute atomic E-state index is 0.171. The molecule has 2 N–H and O–H groups in total. The van der Waals surface area contributed by atoms with Crippen LogP contribution in [0, 0.1) is 11.7 Å². The van der Waals surface area contributed by atoms with Crippen LogP contribution in [-0.4, -0.2) is 22.9 Å². The largest absolute Gasteiger partial charge is 0.335 e. The highest BCUT2D eigenvalue weighted by atomic mass is 19.1. The zero-order valence-corrected chi connectivity index (χ0v) is 12.3. The van der Waals surface area contributed by atoms with Crippen LogP contribution in [0.25, 0.3) is 0 Å². The van der Waals surface area contributed by atoms with E-state index < -0.39 is 0 Å². The Kier molecular flexibility index (Phi) is 4.24. The Morgan fingerprint density at radius 1 is 1.29 bits per heavy atom. The fourth-order valence-electron chi connectivity index (χ4n) is 3.30. The summed E-state index contributed by atoms with van der Waals surface area (Å²) in [7, 11) is 0. The van der Waals surface area contributed by atoms with E-state index in [2.05, 4.69) is 0 Å². The van der Waals surface area contributed by atoms with Crippen molar-refractivity contribution in [3.63, 3.8) is 0 Å². The van der Waals surface area contributed by atoms with Crippen LogP contribution in [0.4, 0.5) is 4.39 Å². The quantitative estimate of drug-likeness (QED) is 0.906. The van der Waals surface area contributed by atoms with Gasteiger partial charge in [-0.2, -0.15) is 0 Å². The molecule has 0 radical (unpaired) electrons. The smallest absolute Gasteiger partial charge is 0.223 e. The maximum atomic E-state index is 13.3. The summed E-state index contributed by atoms with van der Waals surface area (Å²) in [5.74, 6) is 0.267. The third-order valence-electron chi connectivity index (χ3n) is 4.70. The number of amides is 1. The molecule has 2 saturated carbocycles. The second kappa shape index (κ2) is 6.14. The number of halogens is 1. The number of hydrogen-bond acceptors (Lipinski definition) is 2. The predicted octanol–water partition coefficient (Wildman–Crippen LogP) is 2.83. The topological polar surface area (TPSA) is 46.3 Å². The summed E-state index contributed by atoms with van der Waals surface area (Å²) < 4.78 is 13.3. The maximum absolute atomic E-state index is 13.3. The number of carbonyl (C=O) groups excluding carboxylic acids is 1. The second-order valence-corrected chi connectivity index (χ2v) is 6.44. The molecule has 0 saturated heterocycles. The van der Waals surface area contributed by atoms with Crippen LogP contribution in [-0.2, 0) is 11.3 Å². The molecule has 3 rings (SSSR count). The van der Waals surface area contributed by atoms with Crippen LogP contribution >= 0.6 is 0 Å². The minimum atomic E-state index is -0.242. The van der Waals surface area contributed by atoms with Crippen molar-refractivity contribution in [2.45, 2.75) is 57.2 Å². The van der Waals surface area contributed by atoms with Crippen molar-refractivity contribution in [2.75, 3.05) is 0 Å². The Bertz CT molecular complexity index is 515. The van der Waals surface area contributed by atoms with Gasteiger partial charge in [0, 0.05) is 25.0 Å². The number of nitrogens with zero attached hydrogens (tertiary/aromatic N) is 1. The van der Waals surface area contributed by atoms with Gasteiger partial charge >= 0.3 is 0 Å². The van der Waals surface area contributed by atoms with Gasteiger partial charge in [-0.05, 0) is 49.3 Å². The molecule has 0 unspecified atom stereocenters. The van der Waals surface area contributed by atoms with E-state index in [4.69, 9.17) is 5.73 Å². The van der Waals surface area contributed by atoms with Gasteiger partial charge in [-0.15, -0.1) is 0 Å². The van der Waals surface area contributed by atoms with Crippen LogP contribution < -0.4 is 5.73 Å². The predicted molar refractivity (Wildman–Crippen MR) is 79.9 cm³/mol. The molecule has 1 aromatic rings. The molecule has 3 nitrogen and oxygen atoms in total. The molecular formula is C17H23FN2O. The van der Waals surface area contributed by atoms with Crippen molar-refractivity contribution in [2.24, 2.45) is 11.7 Å². The lowest BCUT2D eigenvalue weighted by Gasteiger charge is -2.25. The van der Waals surface area contributed by atoms with E-state index in [0.29, 0.717) is 24.9 Å². The van der Waals surface area contributed by atoms with Gasteiger partial charge in [0.1, 0.15) is 5.82 Å². The molecular weight excluding hydrogens is 267 g/mol. The number of nitrogens with two attached hydrogens (primary N) is 1. The van der Waals surface area contributed by atoms with Gasteiger partial charge in [-0.1, -0.05) is 18.6 Å². The third kappa shape index (κ3) is 3.62. The standard InChI is InChI=1S/C17H23FN2O/c18-14-5-1-3-12(9-14)11-20(15-7-8-15)17(21)10-13-4-2-6-16(13)19/h1,3,5,9,13,15-16H,2,4,6-8,10-11,19H2/t13-,16+/m0/s1. The number of benzene rings is 1. The molecule has 114 valence electrons. The number of carbonyl (C=O) groups is 1. The molecule has 0 bridgehead atoms. The highest BCUT2D eigenvalue weighted by molar-refractivity contribution is 5.77. The molecule has 1 amide bonds. The highest BCUT2D eigenvalue weighted by Crippen LogP contribution is 2.32. The van der Waals surface area contributed by atoms with Crippen molar-refractivity contribution < 1.29 is 9.18 Å². The first kappa shape index (κ1) is 14.5. The molecule has 2 atom stereocenters. The van der Waals surface area contributed by atoms with E-state index in [1.54, 1.807) is 6.07 Å². The van der Waals surface area contributed by atoms with Gasteiger partial charge < -0.3 is 10.6 Å². The number of hydrogen-bond donors (Lipinski definition) is 1. The van der Waals surface area contributed by atoms with E-state index in [-0.39, 0.29) is 17.8 Å². The fourth-order valence-corrected chi connectivity index (χ4v) is 3.30. The SMILES string of the molecule is N[C@@H]1CCC[C@H]1CC(=O)N(Cc1cccc(F)c1)C1CC1. The van der Waals surface area contributed by atoms with Crippen LogP contribution in [0.5, 0.6) is 0 Å². The fraction of sp³-hybridized carbons (Fsp3) is 0.588. The summed E-state index contributed by atoms with van der Waals surface area (Å²) in [6.07, 6.45) is 5.91. The number of rotatable bonds is 5. The van der Waals surface area contributed by atoms with E-state index >= 15 is 0 Å². The molecule has 1 aromatic carbocycles. The Morgan fingerprint density at radius 2 is 2.10 bits per heavy atom. The first-order valence-electron chi connectivity index (χ1n) is 7.93. The zero-order chi connectivity index (χ0) is 14.8. The average Bonchev–Trinajstić information content (AvgIpc) is 3.21. The summed E-state index contributed by atoms with van der Waals surface area (Å²) in [4.78, 5) is 14.5. The van der Waals surface area contributed by atoms with E-state index in [0.717, 1.165) is 37.7 Å². The first-order valence-corrected chi connectivity index (χ1v) is 7.93. The molecule has 4 heteroatoms. The highest BCUT2D eigenvalue weighted by Gasteiger charge is 2.35. The summed E-state index contributed by atoms with van der Waals surface area (Å²) in [5.41, 5.74) is 6.94. The van der Waals surface area contributed by atoms with Crippen molar-refractivity contribution in [1.29, 1.82) is 0 Å². The van der Waals surface area contributed by atoms with Gasteiger partial charge in [0.15, 0.2) is 0 Å². The minimum Gasteiger partial charge on any atom is -0.335 e. The van der Waals surface area contributed by atoms with Crippen LogP contribution in [0.1, 0.15) is 44.1 Å². The summed E-state index contributed by atoms with van der Waals surface area (Å²) in [6, 6.07) is 7.05. The van der Waals surface area contributed by atoms with Gasteiger partial charge in [-0.25, -0.2) is 4.39 Å². The Balaban J connectivity index is 1.65. The van der Waals surface area contributed by atoms with Crippen LogP contribution in [0.3, 0.4) is 0 Å².